The lowest BCUT2D eigenvalue weighted by molar-refractivity contribution is -0.106. The molecule has 1 fully saturated rings. The SMILES string of the molecule is N#Cc1ccc2c(c1)C[C@@]21Oc2cccc(C3=CCN(Cc4nc5sc(C(=O)O)cc5n4C[C@@H]4CCO4)CC3)c2O1. The van der Waals surface area contributed by atoms with E-state index in [9.17, 15) is 15.2 Å². The van der Waals surface area contributed by atoms with Crippen LogP contribution in [0.25, 0.3) is 15.9 Å². The third kappa shape index (κ3) is 3.95. The third-order valence-electron chi connectivity index (χ3n) is 8.51. The summed E-state index contributed by atoms with van der Waals surface area (Å²) < 4.78 is 20.7. The number of aromatic carboxylic acids is 1. The van der Waals surface area contributed by atoms with Crippen molar-refractivity contribution >= 4 is 33.2 Å². The van der Waals surface area contributed by atoms with Crippen molar-refractivity contribution in [3.63, 3.8) is 0 Å². The minimum Gasteiger partial charge on any atom is -0.477 e. The molecule has 0 unspecified atom stereocenters. The molecule has 0 radical (unpaired) electrons. The summed E-state index contributed by atoms with van der Waals surface area (Å²) in [4.78, 5) is 19.8. The summed E-state index contributed by atoms with van der Waals surface area (Å²) in [5.41, 5.74) is 5.89. The molecule has 1 spiro atoms. The first kappa shape index (κ1) is 24.6. The molecule has 0 bridgehead atoms. The Hall–Kier alpha value is -4.17. The van der Waals surface area contributed by atoms with Gasteiger partial charge in [0.25, 0.3) is 5.79 Å². The second-order valence-corrected chi connectivity index (χ2v) is 12.0. The predicted molar refractivity (Wildman–Crippen MR) is 151 cm³/mol. The van der Waals surface area contributed by atoms with Crippen LogP contribution in [-0.2, 0) is 30.0 Å². The molecular weight excluding hydrogens is 540 g/mol. The maximum Gasteiger partial charge on any atom is 0.346 e. The average Bonchev–Trinajstić information content (AvgIpc) is 3.63. The zero-order valence-corrected chi connectivity index (χ0v) is 22.9. The van der Waals surface area contributed by atoms with Crippen LogP contribution < -0.4 is 9.47 Å². The maximum atomic E-state index is 11.5. The number of fused-ring (bicyclic) bond motifs is 4. The molecule has 1 N–H and O–H groups in total. The van der Waals surface area contributed by atoms with Gasteiger partial charge < -0.3 is 23.9 Å². The number of imidazole rings is 1. The van der Waals surface area contributed by atoms with E-state index in [1.54, 1.807) is 6.07 Å². The number of hydrogen-bond acceptors (Lipinski definition) is 8. The lowest BCUT2D eigenvalue weighted by Crippen LogP contribution is -2.46. The first-order valence-electron chi connectivity index (χ1n) is 13.8. The van der Waals surface area contributed by atoms with Crippen molar-refractivity contribution in [2.75, 3.05) is 19.7 Å². The molecule has 4 aliphatic rings. The zero-order valence-electron chi connectivity index (χ0n) is 22.1. The van der Waals surface area contributed by atoms with E-state index in [-0.39, 0.29) is 6.10 Å². The number of ether oxygens (including phenoxy) is 3. The molecule has 41 heavy (non-hydrogen) atoms. The van der Waals surface area contributed by atoms with Gasteiger partial charge in [0.1, 0.15) is 15.5 Å². The highest BCUT2D eigenvalue weighted by atomic mass is 32.1. The Morgan fingerprint density at radius 1 is 1.24 bits per heavy atom. The molecule has 2 atom stereocenters. The van der Waals surface area contributed by atoms with Crippen LogP contribution in [0.3, 0.4) is 0 Å². The van der Waals surface area contributed by atoms with Crippen molar-refractivity contribution in [3.8, 4) is 17.6 Å². The molecule has 3 aliphatic heterocycles. The van der Waals surface area contributed by atoms with Crippen molar-refractivity contribution in [2.45, 2.75) is 44.2 Å². The van der Waals surface area contributed by atoms with E-state index in [2.05, 4.69) is 27.7 Å². The standard InChI is InChI=1S/C31H26N4O5S/c32-15-18-4-5-23-20(12-18)14-31(23)39-25-3-1-2-22(28(25)40-31)19-6-9-34(10-7-19)17-27-33-29-24(13-26(41-29)30(36)37)35(27)16-21-8-11-38-21/h1-6,12-13,21H,7-11,14,16-17H2,(H,36,37)/t21-,31-/m0/s1. The van der Waals surface area contributed by atoms with Crippen LogP contribution >= 0.6 is 11.3 Å². The summed E-state index contributed by atoms with van der Waals surface area (Å²) in [5, 5.41) is 18.7. The third-order valence-corrected chi connectivity index (χ3v) is 9.52. The van der Waals surface area contributed by atoms with Gasteiger partial charge in [-0.15, -0.1) is 11.3 Å². The van der Waals surface area contributed by atoms with Gasteiger partial charge in [-0.1, -0.05) is 18.2 Å². The Labute approximate surface area is 239 Å². The zero-order chi connectivity index (χ0) is 27.7. The lowest BCUT2D eigenvalue weighted by atomic mass is 9.81. The van der Waals surface area contributed by atoms with Crippen LogP contribution in [0.1, 0.15) is 50.6 Å². The number of aromatic nitrogens is 2. The molecule has 9 nitrogen and oxygen atoms in total. The summed E-state index contributed by atoms with van der Waals surface area (Å²) >= 11 is 1.23. The summed E-state index contributed by atoms with van der Waals surface area (Å²) in [5.74, 6) is 0.752. The fourth-order valence-corrected chi connectivity index (χ4v) is 7.13. The van der Waals surface area contributed by atoms with Gasteiger partial charge in [0.15, 0.2) is 11.5 Å². The largest absolute Gasteiger partial charge is 0.477 e. The van der Waals surface area contributed by atoms with E-state index in [4.69, 9.17) is 19.2 Å². The molecule has 1 saturated heterocycles. The van der Waals surface area contributed by atoms with Gasteiger partial charge in [-0.2, -0.15) is 5.26 Å². The highest BCUT2D eigenvalue weighted by molar-refractivity contribution is 7.20. The molecule has 5 heterocycles. The van der Waals surface area contributed by atoms with Crippen molar-refractivity contribution in [2.24, 2.45) is 0 Å². The quantitative estimate of drug-likeness (QED) is 0.350. The number of nitriles is 1. The summed E-state index contributed by atoms with van der Waals surface area (Å²) in [6.07, 6.45) is 4.89. The Morgan fingerprint density at radius 3 is 2.88 bits per heavy atom. The van der Waals surface area contributed by atoms with E-state index < -0.39 is 11.8 Å². The molecule has 2 aromatic carbocycles. The predicted octanol–water partition coefficient (Wildman–Crippen LogP) is 4.93. The minimum absolute atomic E-state index is 0.147. The molecule has 2 aromatic heterocycles. The highest BCUT2D eigenvalue weighted by Gasteiger charge is 2.52. The number of benzene rings is 2. The number of hydrogen-bond donors (Lipinski definition) is 1. The molecule has 10 heteroatoms. The number of carbonyl (C=O) groups is 1. The van der Waals surface area contributed by atoms with Gasteiger partial charge in [0.05, 0.1) is 42.8 Å². The van der Waals surface area contributed by atoms with Crippen molar-refractivity contribution in [1.29, 1.82) is 5.26 Å². The van der Waals surface area contributed by atoms with Gasteiger partial charge in [-0.3, -0.25) is 4.90 Å². The van der Waals surface area contributed by atoms with Crippen LogP contribution in [0.2, 0.25) is 0 Å². The molecule has 206 valence electrons. The van der Waals surface area contributed by atoms with Crippen molar-refractivity contribution in [3.05, 3.63) is 81.5 Å². The van der Waals surface area contributed by atoms with E-state index in [1.165, 1.54) is 16.9 Å². The molecule has 1 aliphatic carbocycles. The molecule has 8 rings (SSSR count). The topological polar surface area (TPSA) is 110 Å². The second kappa shape index (κ2) is 9.17. The van der Waals surface area contributed by atoms with Gasteiger partial charge in [0, 0.05) is 30.8 Å². The minimum atomic E-state index is -0.919. The lowest BCUT2D eigenvalue weighted by Gasteiger charge is -2.38. The Bertz CT molecular complexity index is 1810. The number of rotatable bonds is 6. The van der Waals surface area contributed by atoms with Gasteiger partial charge in [-0.25, -0.2) is 9.78 Å². The monoisotopic (exact) mass is 566 g/mol. The van der Waals surface area contributed by atoms with Crippen LogP contribution in [-0.4, -0.2) is 51.3 Å². The van der Waals surface area contributed by atoms with Crippen LogP contribution in [0.4, 0.5) is 0 Å². The normalized spacial score (nSPS) is 22.6. The number of carboxylic acid groups (broad SMARTS) is 1. The van der Waals surface area contributed by atoms with Crippen molar-refractivity contribution in [1.82, 2.24) is 14.5 Å². The second-order valence-electron chi connectivity index (χ2n) is 11.0. The molecule has 0 amide bonds. The summed E-state index contributed by atoms with van der Waals surface area (Å²) in [7, 11) is 0. The summed E-state index contributed by atoms with van der Waals surface area (Å²) in [6, 6.07) is 15.7. The highest BCUT2D eigenvalue weighted by Crippen LogP contribution is 2.54. The fourth-order valence-electron chi connectivity index (χ4n) is 6.24. The van der Waals surface area contributed by atoms with E-state index in [0.717, 1.165) is 76.9 Å². The Morgan fingerprint density at radius 2 is 2.15 bits per heavy atom. The van der Waals surface area contributed by atoms with E-state index in [0.29, 0.717) is 30.0 Å². The van der Waals surface area contributed by atoms with E-state index >= 15 is 0 Å². The van der Waals surface area contributed by atoms with E-state index in [1.807, 2.05) is 30.3 Å². The van der Waals surface area contributed by atoms with Crippen LogP contribution in [0.5, 0.6) is 11.5 Å². The van der Waals surface area contributed by atoms with Gasteiger partial charge in [-0.05, 0) is 54.3 Å². The summed E-state index contributed by atoms with van der Waals surface area (Å²) in [6.45, 7) is 3.77. The smallest absolute Gasteiger partial charge is 0.346 e. The molecular formula is C31H26N4O5S. The first-order chi connectivity index (χ1) is 20.0. The van der Waals surface area contributed by atoms with Crippen LogP contribution in [0, 0.1) is 11.3 Å². The Kier molecular flexibility index (Phi) is 5.51. The average molecular weight is 567 g/mol. The molecule has 4 aromatic rings. The fraction of sp³-hybridized carbons (Fsp3) is 0.323. The number of para-hydroxylation sites is 1. The van der Waals surface area contributed by atoms with Crippen LogP contribution in [0.15, 0.2) is 48.5 Å². The number of carboxylic acids is 1. The van der Waals surface area contributed by atoms with Gasteiger partial charge >= 0.3 is 5.97 Å². The number of thiophene rings is 1. The first-order valence-corrected chi connectivity index (χ1v) is 14.6. The number of nitrogens with zero attached hydrogens (tertiary/aromatic N) is 4. The molecule has 0 saturated carbocycles. The maximum absolute atomic E-state index is 11.5. The van der Waals surface area contributed by atoms with Gasteiger partial charge in [0.2, 0.25) is 0 Å². The Balaban J connectivity index is 1.02. The van der Waals surface area contributed by atoms with Crippen molar-refractivity contribution < 1.29 is 24.1 Å².